The lowest BCUT2D eigenvalue weighted by Gasteiger charge is -2.27. The highest BCUT2D eigenvalue weighted by atomic mass is 35.5. The van der Waals surface area contributed by atoms with E-state index in [0.29, 0.717) is 47.2 Å². The van der Waals surface area contributed by atoms with E-state index in [1.807, 2.05) is 17.0 Å². The number of piperazine rings is 1. The fraction of sp³-hybridized carbons (Fsp3) is 0.250. The number of imidazole rings is 1. The van der Waals surface area contributed by atoms with Crippen LogP contribution in [0.15, 0.2) is 30.3 Å². The fourth-order valence-corrected chi connectivity index (χ4v) is 4.05. The highest BCUT2D eigenvalue weighted by molar-refractivity contribution is 6.32. The van der Waals surface area contributed by atoms with Crippen LogP contribution in [0.5, 0.6) is 0 Å². The van der Waals surface area contributed by atoms with Gasteiger partial charge in [-0.25, -0.2) is 4.98 Å². The van der Waals surface area contributed by atoms with Crippen molar-refractivity contribution in [1.82, 2.24) is 25.5 Å². The molecule has 0 radical (unpaired) electrons. The highest BCUT2D eigenvalue weighted by Crippen LogP contribution is 2.33. The first-order valence-electron chi connectivity index (χ1n) is 9.21. The van der Waals surface area contributed by atoms with Gasteiger partial charge in [0.15, 0.2) is 0 Å². The molecule has 2 amide bonds. The second-order valence-corrected chi connectivity index (χ2v) is 7.40. The molecule has 0 unspecified atom stereocenters. The zero-order valence-electron chi connectivity index (χ0n) is 15.0. The van der Waals surface area contributed by atoms with Crippen LogP contribution in [0.4, 0.5) is 0 Å². The van der Waals surface area contributed by atoms with Crippen molar-refractivity contribution in [2.75, 3.05) is 26.2 Å². The van der Waals surface area contributed by atoms with Crippen molar-refractivity contribution in [3.63, 3.8) is 0 Å². The van der Waals surface area contributed by atoms with Crippen LogP contribution in [-0.4, -0.2) is 52.9 Å². The van der Waals surface area contributed by atoms with E-state index in [-0.39, 0.29) is 11.8 Å². The molecule has 3 heterocycles. The van der Waals surface area contributed by atoms with Crippen LogP contribution in [0, 0.1) is 0 Å². The summed E-state index contributed by atoms with van der Waals surface area (Å²) in [5.74, 6) is 0.459. The van der Waals surface area contributed by atoms with Crippen molar-refractivity contribution in [1.29, 1.82) is 0 Å². The molecule has 28 heavy (non-hydrogen) atoms. The molecule has 2 aliphatic heterocycles. The second kappa shape index (κ2) is 6.61. The number of amides is 2. The third-order valence-corrected chi connectivity index (χ3v) is 5.65. The Morgan fingerprint density at radius 3 is 2.79 bits per heavy atom. The summed E-state index contributed by atoms with van der Waals surface area (Å²) in [7, 11) is 0. The number of benzene rings is 2. The van der Waals surface area contributed by atoms with Gasteiger partial charge in [0, 0.05) is 54.4 Å². The number of fused-ring (bicyclic) bond motifs is 2. The lowest BCUT2D eigenvalue weighted by atomic mass is 10.0. The molecule has 2 aromatic carbocycles. The van der Waals surface area contributed by atoms with Gasteiger partial charge in [-0.15, -0.1) is 0 Å². The van der Waals surface area contributed by atoms with Gasteiger partial charge >= 0.3 is 0 Å². The van der Waals surface area contributed by atoms with Crippen molar-refractivity contribution in [2.24, 2.45) is 0 Å². The zero-order chi connectivity index (χ0) is 19.3. The van der Waals surface area contributed by atoms with Gasteiger partial charge in [-0.2, -0.15) is 0 Å². The van der Waals surface area contributed by atoms with E-state index in [9.17, 15) is 9.59 Å². The maximum absolute atomic E-state index is 12.8. The van der Waals surface area contributed by atoms with E-state index >= 15 is 0 Å². The number of hydrogen-bond donors (Lipinski definition) is 3. The number of halogens is 1. The molecule has 1 saturated heterocycles. The molecule has 1 fully saturated rings. The van der Waals surface area contributed by atoms with Gasteiger partial charge in [0.25, 0.3) is 11.8 Å². The minimum absolute atomic E-state index is 0.0197. The first-order valence-corrected chi connectivity index (χ1v) is 9.59. The summed E-state index contributed by atoms with van der Waals surface area (Å²) in [6.07, 6.45) is 0. The van der Waals surface area contributed by atoms with Gasteiger partial charge in [-0.05, 0) is 30.3 Å². The van der Waals surface area contributed by atoms with Crippen LogP contribution in [0.2, 0.25) is 5.02 Å². The van der Waals surface area contributed by atoms with Crippen LogP contribution in [0.1, 0.15) is 26.3 Å². The Labute approximate surface area is 166 Å². The molecule has 3 N–H and O–H groups in total. The smallest absolute Gasteiger partial charge is 0.254 e. The largest absolute Gasteiger partial charge is 0.348 e. The van der Waals surface area contributed by atoms with E-state index in [0.717, 1.165) is 29.7 Å². The summed E-state index contributed by atoms with van der Waals surface area (Å²) in [5.41, 5.74) is 4.19. The molecule has 0 saturated carbocycles. The number of carbonyl (C=O) groups excluding carboxylic acids is 2. The molecule has 7 nitrogen and oxygen atoms in total. The van der Waals surface area contributed by atoms with Gasteiger partial charge < -0.3 is 20.5 Å². The van der Waals surface area contributed by atoms with E-state index < -0.39 is 0 Å². The predicted molar refractivity (Wildman–Crippen MR) is 106 cm³/mol. The predicted octanol–water partition coefficient (Wildman–Crippen LogP) is 2.17. The monoisotopic (exact) mass is 395 g/mol. The number of nitrogens with zero attached hydrogens (tertiary/aromatic N) is 2. The average Bonchev–Trinajstić information content (AvgIpc) is 3.32. The summed E-state index contributed by atoms with van der Waals surface area (Å²) in [6, 6.07) is 9.04. The minimum atomic E-state index is -0.150. The molecular weight excluding hydrogens is 378 g/mol. The molecule has 3 aromatic rings. The van der Waals surface area contributed by atoms with E-state index in [4.69, 9.17) is 11.6 Å². The van der Waals surface area contributed by atoms with Crippen molar-refractivity contribution in [3.05, 3.63) is 52.0 Å². The van der Waals surface area contributed by atoms with Gasteiger partial charge in [-0.3, -0.25) is 9.59 Å². The Hall–Kier alpha value is -2.90. The lowest BCUT2D eigenvalue weighted by molar-refractivity contribution is 0.0735. The molecule has 1 aromatic heterocycles. The summed E-state index contributed by atoms with van der Waals surface area (Å²) in [4.78, 5) is 34.8. The van der Waals surface area contributed by atoms with Crippen LogP contribution in [0.25, 0.3) is 22.4 Å². The van der Waals surface area contributed by atoms with Crippen molar-refractivity contribution in [3.8, 4) is 11.4 Å². The molecular formula is C20H18ClN5O2. The standard InChI is InChI=1S/C20H18ClN5O2/c21-14-3-2-12(17-13(14)10-23-19(17)27)18-24-15-4-1-11(9-16(15)25-18)20(28)26-7-5-22-6-8-26/h1-4,9,22H,5-8,10H2,(H,23,27)(H,24,25). The number of H-pyrrole nitrogens is 1. The second-order valence-electron chi connectivity index (χ2n) is 6.99. The Kier molecular flexibility index (Phi) is 4.07. The SMILES string of the molecule is O=C1NCc2c(Cl)ccc(-c3nc4ccc(C(=O)N5CCNCC5)cc4[nH]3)c21. The maximum Gasteiger partial charge on any atom is 0.254 e. The maximum atomic E-state index is 12.8. The van der Waals surface area contributed by atoms with E-state index in [1.165, 1.54) is 0 Å². The molecule has 2 aliphatic rings. The third-order valence-electron chi connectivity index (χ3n) is 5.30. The summed E-state index contributed by atoms with van der Waals surface area (Å²) in [5, 5.41) is 6.62. The number of carbonyl (C=O) groups is 2. The molecule has 142 valence electrons. The summed E-state index contributed by atoms with van der Waals surface area (Å²) >= 11 is 6.23. The normalized spacial score (nSPS) is 16.3. The number of hydrogen-bond acceptors (Lipinski definition) is 4. The van der Waals surface area contributed by atoms with Gasteiger partial charge in [0.1, 0.15) is 5.82 Å². The van der Waals surface area contributed by atoms with Crippen LogP contribution < -0.4 is 10.6 Å². The Balaban J connectivity index is 1.54. The molecule has 0 aliphatic carbocycles. The quantitative estimate of drug-likeness (QED) is 0.620. The molecule has 0 bridgehead atoms. The topological polar surface area (TPSA) is 90.1 Å². The fourth-order valence-electron chi connectivity index (χ4n) is 3.83. The Bertz CT molecular complexity index is 1120. The first-order chi connectivity index (χ1) is 13.6. The lowest BCUT2D eigenvalue weighted by Crippen LogP contribution is -2.46. The van der Waals surface area contributed by atoms with Crippen molar-refractivity contribution in [2.45, 2.75) is 6.54 Å². The number of nitrogens with one attached hydrogen (secondary N) is 3. The van der Waals surface area contributed by atoms with Crippen molar-refractivity contribution >= 4 is 34.4 Å². The summed E-state index contributed by atoms with van der Waals surface area (Å²) < 4.78 is 0. The van der Waals surface area contributed by atoms with Crippen LogP contribution in [0.3, 0.4) is 0 Å². The zero-order valence-corrected chi connectivity index (χ0v) is 15.8. The minimum Gasteiger partial charge on any atom is -0.348 e. The number of aromatic nitrogens is 2. The third kappa shape index (κ3) is 2.75. The van der Waals surface area contributed by atoms with Gasteiger partial charge in [0.2, 0.25) is 0 Å². The van der Waals surface area contributed by atoms with Crippen LogP contribution in [-0.2, 0) is 6.54 Å². The van der Waals surface area contributed by atoms with Gasteiger partial charge in [-0.1, -0.05) is 11.6 Å². The van der Waals surface area contributed by atoms with Crippen molar-refractivity contribution < 1.29 is 9.59 Å². The first kappa shape index (κ1) is 17.2. The molecule has 8 heteroatoms. The van der Waals surface area contributed by atoms with Gasteiger partial charge in [0.05, 0.1) is 16.6 Å². The molecule has 0 spiro atoms. The average molecular weight is 396 g/mol. The molecule has 5 rings (SSSR count). The Morgan fingerprint density at radius 2 is 1.96 bits per heavy atom. The van der Waals surface area contributed by atoms with E-state index in [2.05, 4.69) is 20.6 Å². The van der Waals surface area contributed by atoms with E-state index in [1.54, 1.807) is 18.2 Å². The van der Waals surface area contributed by atoms with Crippen LogP contribution >= 0.6 is 11.6 Å². The highest BCUT2D eigenvalue weighted by Gasteiger charge is 2.27. The number of aromatic amines is 1. The molecule has 0 atom stereocenters. The number of rotatable bonds is 2. The summed E-state index contributed by atoms with van der Waals surface area (Å²) in [6.45, 7) is 3.45. The Morgan fingerprint density at radius 1 is 1.14 bits per heavy atom.